The van der Waals surface area contributed by atoms with Crippen molar-refractivity contribution in [3.05, 3.63) is 0 Å². The van der Waals surface area contributed by atoms with E-state index in [4.69, 9.17) is 5.73 Å². The Morgan fingerprint density at radius 3 is 1.81 bits per heavy atom. The Morgan fingerprint density at radius 2 is 1.43 bits per heavy atom. The van der Waals surface area contributed by atoms with Crippen LogP contribution in [-0.4, -0.2) is 17.3 Å². The zero-order chi connectivity index (χ0) is 15.9. The van der Waals surface area contributed by atoms with Crippen LogP contribution in [0.1, 0.15) is 86.0 Å². The van der Waals surface area contributed by atoms with E-state index in [2.05, 4.69) is 34.6 Å². The topological polar surface area (TPSA) is 46.2 Å². The van der Waals surface area contributed by atoms with Crippen molar-refractivity contribution in [1.82, 2.24) is 0 Å². The summed E-state index contributed by atoms with van der Waals surface area (Å²) in [7, 11) is 0. The largest absolute Gasteiger partial charge is 0.389 e. The minimum atomic E-state index is -0.514. The Hall–Kier alpha value is -0.0800. The molecule has 3 N–H and O–H groups in total. The molecule has 0 aromatic rings. The second kappa shape index (κ2) is 5.53. The van der Waals surface area contributed by atoms with Crippen LogP contribution in [0, 0.1) is 22.2 Å². The Kier molecular flexibility index (Phi) is 4.55. The zero-order valence-electron chi connectivity index (χ0n) is 15.0. The van der Waals surface area contributed by atoms with E-state index in [-0.39, 0.29) is 5.41 Å². The maximum Gasteiger partial charge on any atom is 0.0716 e. The van der Waals surface area contributed by atoms with Crippen molar-refractivity contribution in [2.75, 3.05) is 6.54 Å². The number of hydrogen-bond donors (Lipinski definition) is 2. The molecule has 0 atom stereocenters. The second-order valence-corrected chi connectivity index (χ2v) is 9.82. The smallest absolute Gasteiger partial charge is 0.0716 e. The van der Waals surface area contributed by atoms with Crippen LogP contribution in [0.4, 0.5) is 0 Å². The van der Waals surface area contributed by atoms with Crippen LogP contribution in [0.2, 0.25) is 0 Å². The second-order valence-electron chi connectivity index (χ2n) is 9.82. The molecule has 2 rings (SSSR count). The van der Waals surface area contributed by atoms with Gasteiger partial charge in [-0.3, -0.25) is 0 Å². The molecule has 2 fully saturated rings. The van der Waals surface area contributed by atoms with Crippen LogP contribution in [0.15, 0.2) is 0 Å². The van der Waals surface area contributed by atoms with Crippen LogP contribution in [0.5, 0.6) is 0 Å². The average Bonchev–Trinajstić information content (AvgIpc) is 2.41. The van der Waals surface area contributed by atoms with Crippen molar-refractivity contribution < 1.29 is 5.11 Å². The molecule has 124 valence electrons. The lowest BCUT2D eigenvalue weighted by Crippen LogP contribution is -2.57. The highest BCUT2D eigenvalue weighted by atomic mass is 16.3. The van der Waals surface area contributed by atoms with E-state index >= 15 is 0 Å². The minimum Gasteiger partial charge on any atom is -0.389 e. The van der Waals surface area contributed by atoms with E-state index in [0.717, 1.165) is 44.4 Å². The maximum absolute atomic E-state index is 11.4. The number of aliphatic hydroxyl groups is 1. The summed E-state index contributed by atoms with van der Waals surface area (Å²) >= 11 is 0. The summed E-state index contributed by atoms with van der Waals surface area (Å²) in [6, 6.07) is 0. The van der Waals surface area contributed by atoms with Gasteiger partial charge in [0.05, 0.1) is 5.60 Å². The van der Waals surface area contributed by atoms with E-state index in [9.17, 15) is 5.11 Å². The molecule has 0 saturated heterocycles. The van der Waals surface area contributed by atoms with Crippen LogP contribution in [-0.2, 0) is 0 Å². The summed E-state index contributed by atoms with van der Waals surface area (Å²) in [5.41, 5.74) is 6.46. The molecule has 0 aromatic heterocycles. The highest BCUT2D eigenvalue weighted by molar-refractivity contribution is 5.05. The Balaban J connectivity index is 2.10. The summed E-state index contributed by atoms with van der Waals surface area (Å²) in [5.74, 6) is 0.779. The molecule has 2 aliphatic carbocycles. The van der Waals surface area contributed by atoms with Gasteiger partial charge in [0.15, 0.2) is 0 Å². The first-order valence-corrected chi connectivity index (χ1v) is 8.96. The van der Waals surface area contributed by atoms with Gasteiger partial charge in [-0.2, -0.15) is 0 Å². The lowest BCUT2D eigenvalue weighted by molar-refractivity contribution is -0.143. The first-order valence-electron chi connectivity index (χ1n) is 8.96. The summed E-state index contributed by atoms with van der Waals surface area (Å²) in [5, 5.41) is 11.4. The number of hydrogen-bond acceptors (Lipinski definition) is 2. The average molecular weight is 296 g/mol. The molecule has 2 aliphatic rings. The van der Waals surface area contributed by atoms with Gasteiger partial charge in [0.2, 0.25) is 0 Å². The lowest BCUT2D eigenvalue weighted by atomic mass is 9.53. The summed E-state index contributed by atoms with van der Waals surface area (Å²) in [6.07, 6.45) is 8.83. The molecule has 0 aromatic carbocycles. The molecule has 2 saturated carbocycles. The third-order valence-electron chi connectivity index (χ3n) is 6.98. The standard InChI is InChI=1S/C19H37NO/c1-16(2,3)15-6-8-18(14-20,9-7-15)19(21)12-10-17(4,5)11-13-19/h15,21H,6-14,20H2,1-5H3. The molecule has 2 nitrogen and oxygen atoms in total. The summed E-state index contributed by atoms with van der Waals surface area (Å²) < 4.78 is 0. The molecular weight excluding hydrogens is 258 g/mol. The van der Waals surface area contributed by atoms with Gasteiger partial charge in [0.25, 0.3) is 0 Å². The highest BCUT2D eigenvalue weighted by Crippen LogP contribution is 2.55. The first-order chi connectivity index (χ1) is 9.54. The fourth-order valence-electron chi connectivity index (χ4n) is 4.77. The van der Waals surface area contributed by atoms with Crippen LogP contribution >= 0.6 is 0 Å². The van der Waals surface area contributed by atoms with Crippen molar-refractivity contribution in [2.45, 2.75) is 91.6 Å². The molecule has 0 radical (unpaired) electrons. The van der Waals surface area contributed by atoms with Crippen molar-refractivity contribution in [3.63, 3.8) is 0 Å². The van der Waals surface area contributed by atoms with Crippen molar-refractivity contribution in [2.24, 2.45) is 27.9 Å². The minimum absolute atomic E-state index is 0.0226. The van der Waals surface area contributed by atoms with Gasteiger partial charge in [-0.05, 0) is 68.1 Å². The Labute approximate surface area is 131 Å². The summed E-state index contributed by atoms with van der Waals surface area (Å²) in [4.78, 5) is 0. The van der Waals surface area contributed by atoms with Crippen LogP contribution in [0.25, 0.3) is 0 Å². The molecule has 0 heterocycles. The molecule has 0 spiro atoms. The fraction of sp³-hybridized carbons (Fsp3) is 1.00. The van der Waals surface area contributed by atoms with Crippen molar-refractivity contribution >= 4 is 0 Å². The molecule has 0 aliphatic heterocycles. The monoisotopic (exact) mass is 295 g/mol. The number of nitrogens with two attached hydrogens (primary N) is 1. The predicted molar refractivity (Wildman–Crippen MR) is 90.1 cm³/mol. The Morgan fingerprint density at radius 1 is 0.952 bits per heavy atom. The zero-order valence-corrected chi connectivity index (χ0v) is 15.0. The van der Waals surface area contributed by atoms with E-state index in [1.54, 1.807) is 0 Å². The van der Waals surface area contributed by atoms with Gasteiger partial charge in [0, 0.05) is 12.0 Å². The van der Waals surface area contributed by atoms with Crippen molar-refractivity contribution in [1.29, 1.82) is 0 Å². The molecule has 2 heteroatoms. The maximum atomic E-state index is 11.4. The quantitative estimate of drug-likeness (QED) is 0.788. The highest BCUT2D eigenvalue weighted by Gasteiger charge is 2.53. The molecule has 0 bridgehead atoms. The normalized spacial score (nSPS) is 36.4. The van der Waals surface area contributed by atoms with E-state index in [0.29, 0.717) is 17.4 Å². The summed E-state index contributed by atoms with van der Waals surface area (Å²) in [6.45, 7) is 12.4. The van der Waals surface area contributed by atoms with Gasteiger partial charge in [0.1, 0.15) is 0 Å². The third kappa shape index (κ3) is 3.32. The van der Waals surface area contributed by atoms with Crippen molar-refractivity contribution in [3.8, 4) is 0 Å². The third-order valence-corrected chi connectivity index (χ3v) is 6.98. The van der Waals surface area contributed by atoms with E-state index in [1.165, 1.54) is 12.8 Å². The van der Waals surface area contributed by atoms with Gasteiger partial charge >= 0.3 is 0 Å². The van der Waals surface area contributed by atoms with Crippen LogP contribution in [0.3, 0.4) is 0 Å². The van der Waals surface area contributed by atoms with Gasteiger partial charge < -0.3 is 10.8 Å². The van der Waals surface area contributed by atoms with E-state index < -0.39 is 5.60 Å². The van der Waals surface area contributed by atoms with Gasteiger partial charge in [-0.1, -0.05) is 34.6 Å². The molecule has 0 unspecified atom stereocenters. The van der Waals surface area contributed by atoms with Crippen LogP contribution < -0.4 is 5.73 Å². The van der Waals surface area contributed by atoms with Gasteiger partial charge in [-0.25, -0.2) is 0 Å². The molecular formula is C19H37NO. The first kappa shape index (κ1) is 17.3. The SMILES string of the molecule is CC1(C)CCC(O)(C2(CN)CCC(C(C)(C)C)CC2)CC1. The lowest BCUT2D eigenvalue weighted by Gasteiger charge is -2.55. The van der Waals surface area contributed by atoms with E-state index in [1.807, 2.05) is 0 Å². The fourth-order valence-corrected chi connectivity index (χ4v) is 4.77. The molecule has 21 heavy (non-hydrogen) atoms. The molecule has 0 amide bonds. The Bertz CT molecular complexity index is 348. The number of rotatable bonds is 2. The predicted octanol–water partition coefficient (Wildman–Crippen LogP) is 4.50. The van der Waals surface area contributed by atoms with Gasteiger partial charge in [-0.15, -0.1) is 0 Å².